The number of hydrogen-bond acceptors (Lipinski definition) is 2. The number of nitrogens with zero attached hydrogens (tertiary/aromatic N) is 1. The van der Waals surface area contributed by atoms with Gasteiger partial charge < -0.3 is 0 Å². The molecule has 0 N–H and O–H groups in total. The van der Waals surface area contributed by atoms with E-state index in [-0.39, 0.29) is 4.90 Å². The van der Waals surface area contributed by atoms with Crippen molar-refractivity contribution in [2.75, 3.05) is 0 Å². The van der Waals surface area contributed by atoms with Crippen molar-refractivity contribution < 1.29 is 8.42 Å². The summed E-state index contributed by atoms with van der Waals surface area (Å²) in [4.78, 5) is 0.200. The zero-order valence-electron chi connectivity index (χ0n) is 10.2. The lowest BCUT2D eigenvalue weighted by molar-refractivity contribution is 0.598. The van der Waals surface area contributed by atoms with E-state index in [1.54, 1.807) is 36.4 Å². The molecule has 3 nitrogen and oxygen atoms in total. The van der Waals surface area contributed by atoms with Gasteiger partial charge in [-0.3, -0.25) is 0 Å². The van der Waals surface area contributed by atoms with Crippen LogP contribution in [0.25, 0.3) is 0 Å². The van der Waals surface area contributed by atoms with E-state index in [1.165, 1.54) is 6.21 Å². The van der Waals surface area contributed by atoms with Crippen LogP contribution in [0.1, 0.15) is 11.1 Å². The highest BCUT2D eigenvalue weighted by molar-refractivity contribution is 9.10. The molecule has 0 aliphatic rings. The molecular formula is C14H12BrNO2S. The Morgan fingerprint density at radius 3 is 2.16 bits per heavy atom. The predicted octanol–water partition coefficient (Wildman–Crippen LogP) is 3.57. The molecule has 0 aromatic heterocycles. The summed E-state index contributed by atoms with van der Waals surface area (Å²) in [6, 6.07) is 13.9. The van der Waals surface area contributed by atoms with Crippen molar-refractivity contribution in [3.8, 4) is 0 Å². The van der Waals surface area contributed by atoms with Gasteiger partial charge in [-0.25, -0.2) is 0 Å². The largest absolute Gasteiger partial charge is 0.282 e. The minimum atomic E-state index is -3.63. The molecule has 0 atom stereocenters. The number of benzene rings is 2. The van der Waals surface area contributed by atoms with Gasteiger partial charge in [0.25, 0.3) is 10.0 Å². The van der Waals surface area contributed by atoms with Gasteiger partial charge in [0.15, 0.2) is 0 Å². The van der Waals surface area contributed by atoms with Crippen molar-refractivity contribution >= 4 is 32.2 Å². The van der Waals surface area contributed by atoms with Crippen LogP contribution >= 0.6 is 15.9 Å². The summed E-state index contributed by atoms with van der Waals surface area (Å²) in [6.45, 7) is 1.90. The first-order valence-corrected chi connectivity index (χ1v) is 7.83. The third-order valence-electron chi connectivity index (χ3n) is 2.53. The summed E-state index contributed by atoms with van der Waals surface area (Å²) < 4.78 is 28.6. The van der Waals surface area contributed by atoms with Crippen LogP contribution < -0.4 is 0 Å². The van der Waals surface area contributed by atoms with Crippen LogP contribution in [0, 0.1) is 6.92 Å². The Morgan fingerprint density at radius 1 is 1.00 bits per heavy atom. The molecule has 0 fully saturated rings. The van der Waals surface area contributed by atoms with Gasteiger partial charge in [-0.1, -0.05) is 45.8 Å². The standard InChI is InChI=1S/C14H12BrNO2S/c1-11-2-8-14(9-3-11)19(17,18)16-10-12-4-6-13(15)7-5-12/h2-10H,1H3/b16-10-. The zero-order valence-corrected chi connectivity index (χ0v) is 12.6. The van der Waals surface area contributed by atoms with E-state index in [9.17, 15) is 8.42 Å². The van der Waals surface area contributed by atoms with E-state index < -0.39 is 10.0 Å². The Bertz CT molecular complexity index is 689. The maximum atomic E-state index is 12.0. The third kappa shape index (κ3) is 3.75. The Hall–Kier alpha value is -1.46. The van der Waals surface area contributed by atoms with Crippen LogP contribution in [0.3, 0.4) is 0 Å². The lowest BCUT2D eigenvalue weighted by atomic mass is 10.2. The number of sulfonamides is 1. The number of halogens is 1. The Balaban J connectivity index is 2.26. The highest BCUT2D eigenvalue weighted by Gasteiger charge is 2.10. The fraction of sp³-hybridized carbons (Fsp3) is 0.0714. The minimum absolute atomic E-state index is 0.200. The fourth-order valence-electron chi connectivity index (χ4n) is 1.45. The van der Waals surface area contributed by atoms with Gasteiger partial charge >= 0.3 is 0 Å². The molecule has 19 heavy (non-hydrogen) atoms. The van der Waals surface area contributed by atoms with E-state index in [0.717, 1.165) is 15.6 Å². The second-order valence-corrected chi connectivity index (χ2v) is 6.62. The molecule has 0 heterocycles. The summed E-state index contributed by atoms with van der Waals surface area (Å²) in [5.74, 6) is 0. The average Bonchev–Trinajstić information content (AvgIpc) is 2.39. The van der Waals surface area contributed by atoms with Gasteiger partial charge in [0, 0.05) is 10.7 Å². The van der Waals surface area contributed by atoms with Crippen LogP contribution in [0.15, 0.2) is 62.3 Å². The Labute approximate surface area is 121 Å². The summed E-state index contributed by atoms with van der Waals surface area (Å²) in [7, 11) is -3.63. The maximum absolute atomic E-state index is 12.0. The quantitative estimate of drug-likeness (QED) is 0.804. The second kappa shape index (κ2) is 5.67. The summed E-state index contributed by atoms with van der Waals surface area (Å²) in [5, 5.41) is 0. The van der Waals surface area contributed by atoms with Crippen LogP contribution in [0.5, 0.6) is 0 Å². The molecule has 5 heteroatoms. The van der Waals surface area contributed by atoms with Crippen LogP contribution in [0.2, 0.25) is 0 Å². The Kier molecular flexibility index (Phi) is 4.17. The van der Waals surface area contributed by atoms with Crippen LogP contribution in [0.4, 0.5) is 0 Å². The molecule has 0 bridgehead atoms. The summed E-state index contributed by atoms with van der Waals surface area (Å²) in [5.41, 5.74) is 1.75. The first-order valence-electron chi connectivity index (χ1n) is 5.60. The third-order valence-corrected chi connectivity index (χ3v) is 4.31. The molecule has 0 radical (unpaired) electrons. The normalized spacial score (nSPS) is 11.9. The van der Waals surface area contributed by atoms with Gasteiger partial charge in [-0.15, -0.1) is 0 Å². The van der Waals surface area contributed by atoms with Gasteiger partial charge in [0.1, 0.15) is 0 Å². The zero-order chi connectivity index (χ0) is 13.9. The van der Waals surface area contributed by atoms with Gasteiger partial charge in [0.2, 0.25) is 0 Å². The molecule has 2 aromatic rings. The van der Waals surface area contributed by atoms with E-state index in [2.05, 4.69) is 20.3 Å². The molecule has 0 aliphatic heterocycles. The molecule has 0 spiro atoms. The number of hydrogen-bond donors (Lipinski definition) is 0. The molecule has 0 unspecified atom stereocenters. The van der Waals surface area contributed by atoms with Gasteiger partial charge in [-0.2, -0.15) is 12.8 Å². The van der Waals surface area contributed by atoms with Crippen molar-refractivity contribution in [2.45, 2.75) is 11.8 Å². The molecule has 2 rings (SSSR count). The number of aryl methyl sites for hydroxylation is 1. The van der Waals surface area contributed by atoms with Crippen LogP contribution in [-0.2, 0) is 10.0 Å². The highest BCUT2D eigenvalue weighted by Crippen LogP contribution is 2.14. The SMILES string of the molecule is Cc1ccc(S(=O)(=O)/N=C\c2ccc(Br)cc2)cc1. The molecule has 0 saturated carbocycles. The molecule has 98 valence electrons. The van der Waals surface area contributed by atoms with Gasteiger partial charge in [-0.05, 0) is 36.8 Å². The summed E-state index contributed by atoms with van der Waals surface area (Å²) in [6.07, 6.45) is 1.35. The topological polar surface area (TPSA) is 46.5 Å². The summed E-state index contributed by atoms with van der Waals surface area (Å²) >= 11 is 3.32. The molecule has 0 saturated heterocycles. The molecule has 0 amide bonds. The lowest BCUT2D eigenvalue weighted by Gasteiger charge is -1.99. The first-order chi connectivity index (χ1) is 8.97. The second-order valence-electron chi connectivity index (χ2n) is 4.07. The molecule has 0 aliphatic carbocycles. The lowest BCUT2D eigenvalue weighted by Crippen LogP contribution is -1.97. The Morgan fingerprint density at radius 2 is 1.58 bits per heavy atom. The molecular weight excluding hydrogens is 326 g/mol. The van der Waals surface area contributed by atoms with E-state index >= 15 is 0 Å². The highest BCUT2D eigenvalue weighted by atomic mass is 79.9. The first kappa shape index (κ1) is 14.0. The maximum Gasteiger partial charge on any atom is 0.282 e. The van der Waals surface area contributed by atoms with Gasteiger partial charge in [0.05, 0.1) is 4.90 Å². The van der Waals surface area contributed by atoms with Crippen molar-refractivity contribution in [3.05, 3.63) is 64.1 Å². The van der Waals surface area contributed by atoms with E-state index in [1.807, 2.05) is 19.1 Å². The monoisotopic (exact) mass is 337 g/mol. The van der Waals surface area contributed by atoms with Crippen molar-refractivity contribution in [3.63, 3.8) is 0 Å². The predicted molar refractivity (Wildman–Crippen MR) is 80.1 cm³/mol. The van der Waals surface area contributed by atoms with E-state index in [0.29, 0.717) is 0 Å². The molecule has 2 aromatic carbocycles. The smallest absolute Gasteiger partial charge is 0.199 e. The minimum Gasteiger partial charge on any atom is -0.199 e. The average molecular weight is 338 g/mol. The van der Waals surface area contributed by atoms with Crippen molar-refractivity contribution in [1.82, 2.24) is 0 Å². The van der Waals surface area contributed by atoms with Crippen molar-refractivity contribution in [1.29, 1.82) is 0 Å². The number of rotatable bonds is 3. The van der Waals surface area contributed by atoms with E-state index in [4.69, 9.17) is 0 Å². The van der Waals surface area contributed by atoms with Crippen molar-refractivity contribution in [2.24, 2.45) is 4.40 Å². The fourth-order valence-corrected chi connectivity index (χ4v) is 2.58. The van der Waals surface area contributed by atoms with Crippen LogP contribution in [-0.4, -0.2) is 14.6 Å².